The fourth-order valence-electron chi connectivity index (χ4n) is 3.45. The van der Waals surface area contributed by atoms with Crippen molar-refractivity contribution in [3.8, 4) is 5.69 Å². The Kier molecular flexibility index (Phi) is 5.09. The zero-order chi connectivity index (χ0) is 19.7. The van der Waals surface area contributed by atoms with E-state index in [1.54, 1.807) is 28.6 Å². The molecule has 0 unspecified atom stereocenters. The van der Waals surface area contributed by atoms with Crippen molar-refractivity contribution in [3.63, 3.8) is 0 Å². The number of benzene rings is 2. The Labute approximate surface area is 167 Å². The fraction of sp³-hybridized carbons (Fsp3) is 0.238. The van der Waals surface area contributed by atoms with E-state index < -0.39 is 5.82 Å². The molecular formula is C21H21FN4OS. The van der Waals surface area contributed by atoms with Gasteiger partial charge in [0.1, 0.15) is 5.69 Å². The number of hydrogen-bond donors (Lipinski definition) is 2. The van der Waals surface area contributed by atoms with Gasteiger partial charge in [-0.1, -0.05) is 18.2 Å². The smallest absolute Gasteiger partial charge is 0.319 e. The van der Waals surface area contributed by atoms with Crippen molar-refractivity contribution in [3.05, 3.63) is 71.3 Å². The average Bonchev–Trinajstić information content (AvgIpc) is 3.00. The van der Waals surface area contributed by atoms with Gasteiger partial charge in [-0.05, 0) is 56.2 Å². The summed E-state index contributed by atoms with van der Waals surface area (Å²) in [5, 5.41) is 10.0. The van der Waals surface area contributed by atoms with Crippen molar-refractivity contribution in [1.29, 1.82) is 0 Å². The highest BCUT2D eigenvalue weighted by Crippen LogP contribution is 2.35. The SMILES string of the molecule is Cc1cc(C)n(-c2ccc(NC(=O)N[C@@H]3CCSc4ccccc43)cc2F)n1. The summed E-state index contributed by atoms with van der Waals surface area (Å²) in [4.78, 5) is 13.6. The van der Waals surface area contributed by atoms with E-state index in [1.165, 1.54) is 11.0 Å². The molecule has 1 aliphatic rings. The molecule has 0 saturated carbocycles. The molecule has 3 aromatic rings. The van der Waals surface area contributed by atoms with E-state index in [0.717, 1.165) is 29.1 Å². The quantitative estimate of drug-likeness (QED) is 0.656. The summed E-state index contributed by atoms with van der Waals surface area (Å²) in [6.07, 6.45) is 0.861. The van der Waals surface area contributed by atoms with Gasteiger partial charge in [-0.25, -0.2) is 13.9 Å². The van der Waals surface area contributed by atoms with Gasteiger partial charge in [-0.15, -0.1) is 11.8 Å². The minimum atomic E-state index is -0.441. The topological polar surface area (TPSA) is 59.0 Å². The third kappa shape index (κ3) is 3.75. The molecule has 2 N–H and O–H groups in total. The van der Waals surface area contributed by atoms with Crippen LogP contribution in [0.1, 0.15) is 29.4 Å². The summed E-state index contributed by atoms with van der Waals surface area (Å²) >= 11 is 1.80. The molecule has 2 aromatic carbocycles. The van der Waals surface area contributed by atoms with E-state index >= 15 is 0 Å². The van der Waals surface area contributed by atoms with Gasteiger partial charge >= 0.3 is 6.03 Å². The first kappa shape index (κ1) is 18.6. The molecule has 5 nitrogen and oxygen atoms in total. The Balaban J connectivity index is 1.47. The van der Waals surface area contributed by atoms with Crippen LogP contribution in [0.3, 0.4) is 0 Å². The van der Waals surface area contributed by atoms with E-state index in [9.17, 15) is 9.18 Å². The summed E-state index contributed by atoms with van der Waals surface area (Å²) in [6.45, 7) is 3.74. The van der Waals surface area contributed by atoms with E-state index in [0.29, 0.717) is 11.4 Å². The largest absolute Gasteiger partial charge is 0.331 e. The Morgan fingerprint density at radius 1 is 1.21 bits per heavy atom. The average molecular weight is 396 g/mol. The summed E-state index contributed by atoms with van der Waals surface area (Å²) in [6, 6.07) is 14.2. The van der Waals surface area contributed by atoms with E-state index in [2.05, 4.69) is 21.8 Å². The van der Waals surface area contributed by atoms with Gasteiger partial charge in [0.25, 0.3) is 0 Å². The van der Waals surface area contributed by atoms with Crippen molar-refractivity contribution in [2.45, 2.75) is 31.2 Å². The summed E-state index contributed by atoms with van der Waals surface area (Å²) < 4.78 is 16.2. The third-order valence-electron chi connectivity index (χ3n) is 4.71. The van der Waals surface area contributed by atoms with Crippen LogP contribution in [0, 0.1) is 19.7 Å². The van der Waals surface area contributed by atoms with Gasteiger partial charge < -0.3 is 10.6 Å². The summed E-state index contributed by atoms with van der Waals surface area (Å²) in [7, 11) is 0. The zero-order valence-corrected chi connectivity index (χ0v) is 16.5. The zero-order valence-electron chi connectivity index (χ0n) is 15.7. The van der Waals surface area contributed by atoms with Crippen LogP contribution in [0.15, 0.2) is 53.4 Å². The third-order valence-corrected chi connectivity index (χ3v) is 5.83. The molecule has 0 radical (unpaired) electrons. The molecule has 2 amide bonds. The number of nitrogens with zero attached hydrogens (tertiary/aromatic N) is 2. The van der Waals surface area contributed by atoms with Gasteiger partial charge in [0, 0.05) is 22.0 Å². The van der Waals surface area contributed by atoms with Crippen molar-refractivity contribution in [1.82, 2.24) is 15.1 Å². The number of fused-ring (bicyclic) bond motifs is 1. The second-order valence-corrected chi connectivity index (χ2v) is 7.97. The molecule has 2 heterocycles. The minimum absolute atomic E-state index is 0.0451. The maximum Gasteiger partial charge on any atom is 0.319 e. The number of carbonyl (C=O) groups is 1. The van der Waals surface area contributed by atoms with E-state index in [4.69, 9.17) is 0 Å². The second-order valence-electron chi connectivity index (χ2n) is 6.83. The number of amides is 2. The van der Waals surface area contributed by atoms with Crippen LogP contribution in [0.5, 0.6) is 0 Å². The number of thioether (sulfide) groups is 1. The predicted molar refractivity (Wildman–Crippen MR) is 110 cm³/mol. The van der Waals surface area contributed by atoms with E-state index in [-0.39, 0.29) is 12.1 Å². The van der Waals surface area contributed by atoms with Gasteiger partial charge in [0.05, 0.1) is 11.7 Å². The predicted octanol–water partition coefficient (Wildman–Crippen LogP) is 4.99. The van der Waals surface area contributed by atoms with Gasteiger partial charge in [-0.3, -0.25) is 0 Å². The Hall–Kier alpha value is -2.80. The Bertz CT molecular complexity index is 1030. The Morgan fingerprint density at radius 3 is 2.79 bits per heavy atom. The standard InChI is InChI=1S/C21H21FN4OS/c1-13-11-14(2)26(25-13)19-8-7-15(12-17(19)22)23-21(27)24-18-9-10-28-20-6-4-3-5-16(18)20/h3-8,11-12,18H,9-10H2,1-2H3,(H2,23,24,27)/t18-/m1/s1. The summed E-state index contributed by atoms with van der Waals surface area (Å²) in [5.41, 5.74) is 3.56. The van der Waals surface area contributed by atoms with Crippen molar-refractivity contribution < 1.29 is 9.18 Å². The van der Waals surface area contributed by atoms with Crippen LogP contribution in [-0.4, -0.2) is 21.6 Å². The van der Waals surface area contributed by atoms with Gasteiger partial charge in [0.15, 0.2) is 5.82 Å². The number of aromatic nitrogens is 2. The van der Waals surface area contributed by atoms with Crippen LogP contribution < -0.4 is 10.6 Å². The van der Waals surface area contributed by atoms with Crippen molar-refractivity contribution >= 4 is 23.5 Å². The molecule has 0 saturated heterocycles. The Morgan fingerprint density at radius 2 is 2.04 bits per heavy atom. The normalized spacial score (nSPS) is 15.8. The number of carbonyl (C=O) groups excluding carboxylic acids is 1. The molecule has 0 bridgehead atoms. The van der Waals surface area contributed by atoms with Crippen LogP contribution in [0.25, 0.3) is 5.69 Å². The number of nitrogens with one attached hydrogen (secondary N) is 2. The lowest BCUT2D eigenvalue weighted by Crippen LogP contribution is -2.34. The van der Waals surface area contributed by atoms with Gasteiger partial charge in [-0.2, -0.15) is 5.10 Å². The molecule has 0 fully saturated rings. The number of rotatable bonds is 3. The molecule has 4 rings (SSSR count). The number of urea groups is 1. The number of hydrogen-bond acceptors (Lipinski definition) is 3. The highest BCUT2D eigenvalue weighted by atomic mass is 32.2. The van der Waals surface area contributed by atoms with Crippen LogP contribution in [-0.2, 0) is 0 Å². The molecule has 7 heteroatoms. The maximum absolute atomic E-state index is 14.6. The molecular weight excluding hydrogens is 375 g/mol. The lowest BCUT2D eigenvalue weighted by molar-refractivity contribution is 0.248. The van der Waals surface area contributed by atoms with E-state index in [1.807, 2.05) is 38.1 Å². The monoisotopic (exact) mass is 396 g/mol. The molecule has 0 spiro atoms. The van der Waals surface area contributed by atoms with Gasteiger partial charge in [0.2, 0.25) is 0 Å². The lowest BCUT2D eigenvalue weighted by Gasteiger charge is -2.26. The molecule has 1 aromatic heterocycles. The summed E-state index contributed by atoms with van der Waals surface area (Å²) in [5.74, 6) is 0.511. The van der Waals surface area contributed by atoms with Crippen LogP contribution >= 0.6 is 11.8 Å². The van der Waals surface area contributed by atoms with Crippen LogP contribution in [0.2, 0.25) is 0 Å². The van der Waals surface area contributed by atoms with Crippen molar-refractivity contribution in [2.24, 2.45) is 0 Å². The minimum Gasteiger partial charge on any atom is -0.331 e. The molecule has 1 aliphatic heterocycles. The first-order chi connectivity index (χ1) is 13.5. The maximum atomic E-state index is 14.6. The number of aryl methyl sites for hydroxylation is 2. The number of halogens is 1. The second kappa shape index (κ2) is 7.67. The highest BCUT2D eigenvalue weighted by Gasteiger charge is 2.22. The van der Waals surface area contributed by atoms with Crippen molar-refractivity contribution in [2.75, 3.05) is 11.1 Å². The number of anilines is 1. The van der Waals surface area contributed by atoms with Crippen LogP contribution in [0.4, 0.5) is 14.9 Å². The molecule has 144 valence electrons. The molecule has 28 heavy (non-hydrogen) atoms. The molecule has 0 aliphatic carbocycles. The first-order valence-corrected chi connectivity index (χ1v) is 10.1. The fourth-order valence-corrected chi connectivity index (χ4v) is 4.57. The highest BCUT2D eigenvalue weighted by molar-refractivity contribution is 7.99. The molecule has 1 atom stereocenters. The first-order valence-electron chi connectivity index (χ1n) is 9.14. The lowest BCUT2D eigenvalue weighted by atomic mass is 10.0.